The number of nitrogens with one attached hydrogen (secondary N) is 2. The van der Waals surface area contributed by atoms with Crippen LogP contribution in [0.4, 0.5) is 21.0 Å². The van der Waals surface area contributed by atoms with E-state index in [0.29, 0.717) is 25.3 Å². The Labute approximate surface area is 172 Å². The number of anilines is 2. The van der Waals surface area contributed by atoms with Gasteiger partial charge in [0.1, 0.15) is 0 Å². The van der Waals surface area contributed by atoms with Crippen LogP contribution in [-0.4, -0.2) is 36.6 Å². The largest absolute Gasteiger partial charge is 0.334 e. The standard InChI is InChI=1S/C23H28N4O2/c1-4-9-24-22(28)25-20-7-5-8-21(15-20)27-11-6-10-26(23(27)29)16-19-13-17(2)12-18(3)14-19/h4-5,7-8,12-15H,1,6,9-11,16H2,2-3H3,(H2,24,25,28). The van der Waals surface area contributed by atoms with E-state index in [1.807, 2.05) is 23.1 Å². The summed E-state index contributed by atoms with van der Waals surface area (Å²) in [4.78, 5) is 28.7. The molecule has 0 atom stereocenters. The number of amides is 4. The van der Waals surface area contributed by atoms with E-state index in [9.17, 15) is 9.59 Å². The van der Waals surface area contributed by atoms with Gasteiger partial charge in [0.05, 0.1) is 0 Å². The SMILES string of the molecule is C=CCNC(=O)Nc1cccc(N2CCCN(Cc3cc(C)cc(C)c3)C2=O)c1. The number of carbonyl (C=O) groups is 2. The molecule has 6 nitrogen and oxygen atoms in total. The summed E-state index contributed by atoms with van der Waals surface area (Å²) in [5, 5.41) is 5.46. The molecule has 29 heavy (non-hydrogen) atoms. The van der Waals surface area contributed by atoms with Gasteiger partial charge < -0.3 is 15.5 Å². The molecule has 4 amide bonds. The number of nitrogens with zero attached hydrogens (tertiary/aromatic N) is 2. The van der Waals surface area contributed by atoms with Crippen LogP contribution in [0.2, 0.25) is 0 Å². The van der Waals surface area contributed by atoms with E-state index in [1.165, 1.54) is 11.1 Å². The molecule has 3 rings (SSSR count). The van der Waals surface area contributed by atoms with Crippen molar-refractivity contribution in [3.8, 4) is 0 Å². The highest BCUT2D eigenvalue weighted by Gasteiger charge is 2.27. The fourth-order valence-electron chi connectivity index (χ4n) is 3.64. The number of benzene rings is 2. The van der Waals surface area contributed by atoms with Crippen molar-refractivity contribution in [1.29, 1.82) is 0 Å². The van der Waals surface area contributed by atoms with Crippen LogP contribution >= 0.6 is 0 Å². The van der Waals surface area contributed by atoms with Crippen LogP contribution in [0.15, 0.2) is 55.1 Å². The minimum Gasteiger partial charge on any atom is -0.334 e. The highest BCUT2D eigenvalue weighted by molar-refractivity contribution is 5.95. The quantitative estimate of drug-likeness (QED) is 0.714. The minimum atomic E-state index is -0.302. The van der Waals surface area contributed by atoms with Crippen LogP contribution in [0.1, 0.15) is 23.1 Å². The molecule has 0 unspecified atom stereocenters. The maximum absolute atomic E-state index is 13.1. The van der Waals surface area contributed by atoms with E-state index < -0.39 is 0 Å². The van der Waals surface area contributed by atoms with Gasteiger partial charge in [0.2, 0.25) is 0 Å². The zero-order valence-corrected chi connectivity index (χ0v) is 17.1. The van der Waals surface area contributed by atoms with Gasteiger partial charge in [-0.1, -0.05) is 41.5 Å². The Morgan fingerprint density at radius 1 is 1.14 bits per heavy atom. The second-order valence-electron chi connectivity index (χ2n) is 7.38. The van der Waals surface area contributed by atoms with E-state index in [1.54, 1.807) is 17.0 Å². The molecule has 0 bridgehead atoms. The molecule has 1 fully saturated rings. The molecule has 0 radical (unpaired) electrons. The summed E-state index contributed by atoms with van der Waals surface area (Å²) in [5.41, 5.74) is 4.97. The highest BCUT2D eigenvalue weighted by Crippen LogP contribution is 2.24. The van der Waals surface area contributed by atoms with Crippen LogP contribution in [0, 0.1) is 13.8 Å². The molecule has 2 aromatic carbocycles. The Morgan fingerprint density at radius 3 is 2.62 bits per heavy atom. The maximum Gasteiger partial charge on any atom is 0.324 e. The summed E-state index contributed by atoms with van der Waals surface area (Å²) in [6.45, 7) is 10.1. The fraction of sp³-hybridized carbons (Fsp3) is 0.304. The maximum atomic E-state index is 13.1. The van der Waals surface area contributed by atoms with Crippen molar-refractivity contribution in [2.45, 2.75) is 26.8 Å². The summed E-state index contributed by atoms with van der Waals surface area (Å²) in [6, 6.07) is 13.4. The molecule has 0 aliphatic carbocycles. The van der Waals surface area contributed by atoms with E-state index in [4.69, 9.17) is 0 Å². The summed E-state index contributed by atoms with van der Waals surface area (Å²) in [7, 11) is 0. The Kier molecular flexibility index (Phi) is 6.54. The molecule has 0 spiro atoms. The lowest BCUT2D eigenvalue weighted by molar-refractivity contribution is 0.192. The van der Waals surface area contributed by atoms with Crippen LogP contribution in [0.3, 0.4) is 0 Å². The average Bonchev–Trinajstić information content (AvgIpc) is 2.67. The molecular weight excluding hydrogens is 364 g/mol. The predicted octanol–water partition coefficient (Wildman–Crippen LogP) is 4.44. The third-order valence-corrected chi connectivity index (χ3v) is 4.79. The summed E-state index contributed by atoms with van der Waals surface area (Å²) >= 11 is 0. The smallest absolute Gasteiger partial charge is 0.324 e. The molecule has 152 valence electrons. The second kappa shape index (κ2) is 9.28. The van der Waals surface area contributed by atoms with E-state index in [2.05, 4.69) is 49.3 Å². The highest BCUT2D eigenvalue weighted by atomic mass is 16.2. The fourth-order valence-corrected chi connectivity index (χ4v) is 3.64. The van der Waals surface area contributed by atoms with Crippen molar-refractivity contribution in [1.82, 2.24) is 10.2 Å². The molecule has 2 aromatic rings. The van der Waals surface area contributed by atoms with Gasteiger partial charge in [-0.25, -0.2) is 9.59 Å². The van der Waals surface area contributed by atoms with Crippen LogP contribution in [0.5, 0.6) is 0 Å². The lowest BCUT2D eigenvalue weighted by atomic mass is 10.1. The molecule has 2 N–H and O–H groups in total. The summed E-state index contributed by atoms with van der Waals surface area (Å²) < 4.78 is 0. The van der Waals surface area contributed by atoms with Gasteiger partial charge in [0, 0.05) is 37.6 Å². The van der Waals surface area contributed by atoms with E-state index in [0.717, 1.165) is 24.2 Å². The van der Waals surface area contributed by atoms with Crippen molar-refractivity contribution >= 4 is 23.4 Å². The minimum absolute atomic E-state index is 0.0105. The summed E-state index contributed by atoms with van der Waals surface area (Å²) in [5.74, 6) is 0. The Morgan fingerprint density at radius 2 is 1.90 bits per heavy atom. The van der Waals surface area contributed by atoms with Gasteiger partial charge in [-0.15, -0.1) is 6.58 Å². The van der Waals surface area contributed by atoms with Crippen molar-refractivity contribution in [3.05, 3.63) is 71.8 Å². The number of rotatable bonds is 6. The third-order valence-electron chi connectivity index (χ3n) is 4.79. The first kappa shape index (κ1) is 20.5. The Balaban J connectivity index is 1.72. The lowest BCUT2D eigenvalue weighted by Gasteiger charge is -2.36. The normalized spacial score (nSPS) is 13.9. The molecular formula is C23H28N4O2. The zero-order valence-electron chi connectivity index (χ0n) is 17.1. The first-order valence-corrected chi connectivity index (χ1v) is 9.85. The van der Waals surface area contributed by atoms with Gasteiger partial charge in [-0.05, 0) is 44.0 Å². The average molecular weight is 393 g/mol. The second-order valence-corrected chi connectivity index (χ2v) is 7.38. The number of urea groups is 2. The molecule has 1 saturated heterocycles. The van der Waals surface area contributed by atoms with E-state index in [-0.39, 0.29) is 12.1 Å². The zero-order chi connectivity index (χ0) is 20.8. The van der Waals surface area contributed by atoms with Crippen molar-refractivity contribution in [2.24, 2.45) is 0 Å². The van der Waals surface area contributed by atoms with E-state index >= 15 is 0 Å². The number of hydrogen-bond donors (Lipinski definition) is 2. The number of carbonyl (C=O) groups excluding carboxylic acids is 2. The lowest BCUT2D eigenvalue weighted by Crippen LogP contribution is -2.49. The van der Waals surface area contributed by atoms with Crippen molar-refractivity contribution < 1.29 is 9.59 Å². The van der Waals surface area contributed by atoms with Crippen molar-refractivity contribution in [3.63, 3.8) is 0 Å². The molecule has 1 aliphatic heterocycles. The van der Waals surface area contributed by atoms with Crippen molar-refractivity contribution in [2.75, 3.05) is 29.9 Å². The third kappa shape index (κ3) is 5.38. The van der Waals surface area contributed by atoms with Crippen LogP contribution in [0.25, 0.3) is 0 Å². The number of aryl methyl sites for hydroxylation is 2. The topological polar surface area (TPSA) is 64.7 Å². The van der Waals surface area contributed by atoms with Gasteiger partial charge in [-0.3, -0.25) is 4.90 Å². The number of hydrogen-bond acceptors (Lipinski definition) is 2. The molecule has 6 heteroatoms. The molecule has 1 aliphatic rings. The Hall–Kier alpha value is -3.28. The first-order valence-electron chi connectivity index (χ1n) is 9.85. The predicted molar refractivity (Wildman–Crippen MR) is 117 cm³/mol. The van der Waals surface area contributed by atoms with Gasteiger partial charge >= 0.3 is 12.1 Å². The van der Waals surface area contributed by atoms with Gasteiger partial charge in [0.15, 0.2) is 0 Å². The molecule has 0 saturated carbocycles. The molecule has 0 aromatic heterocycles. The monoisotopic (exact) mass is 392 g/mol. The Bertz CT molecular complexity index is 889. The summed E-state index contributed by atoms with van der Waals surface area (Å²) in [6.07, 6.45) is 2.51. The van der Waals surface area contributed by atoms with Crippen LogP contribution in [-0.2, 0) is 6.54 Å². The van der Waals surface area contributed by atoms with Gasteiger partial charge in [-0.2, -0.15) is 0 Å². The van der Waals surface area contributed by atoms with Gasteiger partial charge in [0.25, 0.3) is 0 Å². The van der Waals surface area contributed by atoms with Crippen LogP contribution < -0.4 is 15.5 Å². The molecule has 1 heterocycles. The first-order chi connectivity index (χ1) is 14.0.